The van der Waals surface area contributed by atoms with Crippen LogP contribution in [0, 0.1) is 34.6 Å². The zero-order chi connectivity index (χ0) is 85.9. The molecule has 0 radical (unpaired) electrons. The second-order valence-electron chi connectivity index (χ2n) is 31.1. The van der Waals surface area contributed by atoms with Crippen molar-refractivity contribution in [2.45, 2.75) is 153 Å². The SMILES string of the molecule is CCN1c2nccnc2N(c2cccc(N3c4nccnc4N(CC)[C@@H]3C)c2C)[C@@H]1C.Cc1c(N2c3nccnc3N(C)[C@H]2C)cccc1N1c2nccnc2N(C)[C@@H]1C.Cc1cc(N2c3cccnc3N(C)[C@H]2C)c(C)c(N2c3cccnc3N(C)[C@@H]2C)c1.[2H]C([2H])([2H])N1c2nccnc2N(c2cccc(N3c4nccnc4N(C)[C@H]3C)c2C)[C@H]1C. The maximum Gasteiger partial charge on any atom is 0.178 e. The average molecular weight is 1600 g/mol. The largest absolute Gasteiger partial charge is 0.337 e. The Morgan fingerprint density at radius 2 is 0.445 bits per heavy atom. The molecule has 8 aromatic heterocycles. The van der Waals surface area contributed by atoms with E-state index in [2.05, 4.69) is 317 Å². The predicted octanol–water partition coefficient (Wildman–Crippen LogP) is 16.1. The summed E-state index contributed by atoms with van der Waals surface area (Å²) in [5, 5.41) is 0. The van der Waals surface area contributed by atoms with Gasteiger partial charge in [0.05, 0.1) is 11.4 Å². The second kappa shape index (κ2) is 30.8. The third-order valence-corrected chi connectivity index (χ3v) is 25.0. The van der Waals surface area contributed by atoms with Gasteiger partial charge in [-0.2, -0.15) is 0 Å². The lowest BCUT2D eigenvalue weighted by molar-refractivity contribution is 0.679. The Hall–Kier alpha value is -13.5. The van der Waals surface area contributed by atoms with Crippen LogP contribution < -0.4 is 78.4 Å². The molecule has 0 saturated carbocycles. The van der Waals surface area contributed by atoms with Crippen LogP contribution in [0.4, 0.5) is 138 Å². The molecule has 0 bridgehead atoms. The minimum absolute atomic E-state index is 0.0169. The molecule has 8 aliphatic heterocycles. The van der Waals surface area contributed by atoms with Crippen molar-refractivity contribution in [1.82, 2.24) is 69.8 Å². The molecule has 8 aliphatic rings. The van der Waals surface area contributed by atoms with Gasteiger partial charge in [-0.25, -0.2) is 69.8 Å². The molecular weight excluding hydrogens is 1490 g/mol. The van der Waals surface area contributed by atoms with Crippen molar-refractivity contribution in [3.8, 4) is 0 Å². The Morgan fingerprint density at radius 1 is 0.235 bits per heavy atom. The Labute approximate surface area is 701 Å². The maximum absolute atomic E-state index is 8.04. The summed E-state index contributed by atoms with van der Waals surface area (Å²) in [5.74, 6) is 11.8. The molecule has 16 heterocycles. The first kappa shape index (κ1) is 74.3. The highest BCUT2D eigenvalue weighted by molar-refractivity contribution is 5.92. The van der Waals surface area contributed by atoms with E-state index in [1.54, 1.807) is 68.2 Å². The maximum atomic E-state index is 8.04. The highest BCUT2D eigenvalue weighted by Gasteiger charge is 2.45. The number of aryl methyl sites for hydroxylation is 1. The highest BCUT2D eigenvalue weighted by Crippen LogP contribution is 2.54. The molecular formula is C89H104N30. The molecule has 20 rings (SSSR count). The van der Waals surface area contributed by atoms with E-state index in [0.29, 0.717) is 11.6 Å². The Bertz CT molecular complexity index is 5690. The number of aromatic nitrogens is 14. The van der Waals surface area contributed by atoms with Crippen LogP contribution in [-0.2, 0) is 0 Å². The predicted molar refractivity (Wildman–Crippen MR) is 479 cm³/mol. The van der Waals surface area contributed by atoms with Gasteiger partial charge >= 0.3 is 0 Å². The minimum Gasteiger partial charge on any atom is -0.337 e. The fourth-order valence-corrected chi connectivity index (χ4v) is 18.2. The molecule has 0 spiro atoms. The normalized spacial score (nSPS) is 20.6. The van der Waals surface area contributed by atoms with E-state index in [1.807, 2.05) is 68.5 Å². The van der Waals surface area contributed by atoms with Gasteiger partial charge in [-0.05, 0) is 204 Å². The Morgan fingerprint density at radius 3 is 0.731 bits per heavy atom. The van der Waals surface area contributed by atoms with E-state index in [9.17, 15) is 0 Å². The first-order valence-electron chi connectivity index (χ1n) is 42.2. The summed E-state index contributed by atoms with van der Waals surface area (Å²) >= 11 is 0. The molecule has 0 unspecified atom stereocenters. The smallest absolute Gasteiger partial charge is 0.178 e. The van der Waals surface area contributed by atoms with Crippen molar-refractivity contribution in [3.05, 3.63) is 206 Å². The van der Waals surface area contributed by atoms with E-state index >= 15 is 0 Å². The van der Waals surface area contributed by atoms with Gasteiger partial charge in [0.1, 0.15) is 49.3 Å². The van der Waals surface area contributed by atoms with Crippen molar-refractivity contribution < 1.29 is 4.11 Å². The van der Waals surface area contributed by atoms with Crippen LogP contribution in [0.1, 0.15) is 101 Å². The molecule has 0 N–H and O–H groups in total. The second-order valence-corrected chi connectivity index (χ2v) is 31.1. The molecule has 0 fully saturated rings. The lowest BCUT2D eigenvalue weighted by Gasteiger charge is -2.33. The summed E-state index contributed by atoms with van der Waals surface area (Å²) in [6.07, 6.45) is 24.7. The monoisotopic (exact) mass is 1600 g/mol. The van der Waals surface area contributed by atoms with Crippen LogP contribution in [0.2, 0.25) is 0 Å². The van der Waals surface area contributed by atoms with Gasteiger partial charge in [0.25, 0.3) is 0 Å². The number of nitrogens with zero attached hydrogens (tertiary/aromatic N) is 30. The first-order chi connectivity index (χ1) is 58.7. The number of hydrogen-bond donors (Lipinski definition) is 0. The number of fused-ring (bicyclic) bond motifs is 8. The van der Waals surface area contributed by atoms with Gasteiger partial charge in [-0.3, -0.25) is 0 Å². The van der Waals surface area contributed by atoms with Crippen LogP contribution in [-0.4, -0.2) is 174 Å². The fraction of sp³-hybridized carbons (Fsp3) is 0.348. The first-order valence-corrected chi connectivity index (χ1v) is 40.7. The molecule has 0 amide bonds. The molecule has 119 heavy (non-hydrogen) atoms. The minimum atomic E-state index is -2.34. The van der Waals surface area contributed by atoms with Gasteiger partial charge in [0.15, 0.2) is 81.5 Å². The number of pyridine rings is 2. The standard InChI is InChI=1S/C24H28N6.C23H28N8.2C21H24N8/c1-15-13-21(29-17(3)27(5)23-19(29)9-7-11-25-23)16(2)22(14-15)30-18(4)28(6)24-20(30)10-8-12-26-24;1-6-28-16(4)30(22-20(28)24-11-13-26-22)18-9-8-10-19(15(18)3)31-17(5)29(7-2)21-23(31)27-14-12-25-21;2*1-13-16(28-14(2)26(4)18-20(28)24-11-9-22-18)7-6-8-17(13)29-15(3)27(5)19-21(29)25-12-10-23-19/h7-14,17-18H,1-6H3;8-14,16-17H,6-7H2,1-5H3;2*6-12,14-15H,1-5H3/t17-,18+;16-,17+;2*14-,15+/i;;4D3;/m..0./s1. The molecule has 0 saturated heterocycles. The highest BCUT2D eigenvalue weighted by atomic mass is 15.5. The summed E-state index contributed by atoms with van der Waals surface area (Å²) in [5.41, 5.74) is 17.0. The Kier molecular flexibility index (Phi) is 19.2. The van der Waals surface area contributed by atoms with Crippen LogP contribution in [0.5, 0.6) is 0 Å². The number of rotatable bonds is 10. The van der Waals surface area contributed by atoms with E-state index < -0.39 is 13.1 Å². The molecule has 4 aromatic carbocycles. The zero-order valence-electron chi connectivity index (χ0n) is 74.2. The zero-order valence-corrected chi connectivity index (χ0v) is 71.2. The number of hydrogen-bond acceptors (Lipinski definition) is 30. The van der Waals surface area contributed by atoms with E-state index in [1.165, 1.54) is 44.7 Å². The molecule has 8 atom stereocenters. The molecule has 30 heteroatoms. The fourth-order valence-electron chi connectivity index (χ4n) is 18.2. The average Bonchev–Trinajstić information content (AvgIpc) is 1.59. The van der Waals surface area contributed by atoms with Crippen molar-refractivity contribution in [2.24, 2.45) is 0 Å². The summed E-state index contributed by atoms with van der Waals surface area (Å²) in [6, 6.07) is 31.8. The lowest BCUT2D eigenvalue weighted by atomic mass is 10.0. The van der Waals surface area contributed by atoms with Crippen LogP contribution in [0.3, 0.4) is 0 Å². The van der Waals surface area contributed by atoms with Crippen LogP contribution in [0.25, 0.3) is 0 Å². The lowest BCUT2D eigenvalue weighted by Crippen LogP contribution is -2.40. The van der Waals surface area contributed by atoms with Crippen molar-refractivity contribution in [1.29, 1.82) is 0 Å². The summed E-state index contributed by atoms with van der Waals surface area (Å²) in [4.78, 5) is 98.9. The van der Waals surface area contributed by atoms with E-state index in [4.69, 9.17) is 4.11 Å². The third kappa shape index (κ3) is 12.5. The number of benzene rings is 4. The molecule has 30 nitrogen and oxygen atoms in total. The Balaban J connectivity index is 0.000000116. The van der Waals surface area contributed by atoms with Gasteiger partial charge in [0, 0.05) is 192 Å². The van der Waals surface area contributed by atoms with Gasteiger partial charge in [0.2, 0.25) is 0 Å². The summed E-state index contributed by atoms with van der Waals surface area (Å²) in [6.45, 7) is 31.7. The third-order valence-electron chi connectivity index (χ3n) is 25.0. The quantitative estimate of drug-likeness (QED) is 0.124. The van der Waals surface area contributed by atoms with Gasteiger partial charge < -0.3 is 78.4 Å². The molecule has 0 aliphatic carbocycles. The van der Waals surface area contributed by atoms with E-state index in [0.717, 1.165) is 134 Å². The summed E-state index contributed by atoms with van der Waals surface area (Å²) < 4.78 is 24.1. The van der Waals surface area contributed by atoms with Crippen LogP contribution in [0.15, 0.2) is 178 Å². The summed E-state index contributed by atoms with van der Waals surface area (Å²) in [7, 11) is 10.3. The van der Waals surface area contributed by atoms with Crippen molar-refractivity contribution in [3.63, 3.8) is 0 Å². The number of anilines is 24. The van der Waals surface area contributed by atoms with Crippen molar-refractivity contribution >= 4 is 138 Å². The topological polar surface area (TPSA) is 232 Å². The van der Waals surface area contributed by atoms with Gasteiger partial charge in [-0.1, -0.05) is 18.2 Å². The van der Waals surface area contributed by atoms with Crippen LogP contribution >= 0.6 is 0 Å². The van der Waals surface area contributed by atoms with Gasteiger partial charge in [-0.15, -0.1) is 0 Å². The molecule has 12 aromatic rings. The van der Waals surface area contributed by atoms with E-state index in [-0.39, 0.29) is 43.2 Å². The molecule has 610 valence electrons. The van der Waals surface area contributed by atoms with Crippen molar-refractivity contribution in [2.75, 3.05) is 134 Å².